The highest BCUT2D eigenvalue weighted by molar-refractivity contribution is 7.90. The van der Waals surface area contributed by atoms with Crippen LogP contribution in [0.5, 0.6) is 17.2 Å². The summed E-state index contributed by atoms with van der Waals surface area (Å²) in [4.78, 5) is 25.0. The molecule has 39 heavy (non-hydrogen) atoms. The lowest BCUT2D eigenvalue weighted by Gasteiger charge is -2.22. The number of nitrogens with one attached hydrogen (secondary N) is 1. The average Bonchev–Trinajstić information content (AvgIpc) is 3.35. The van der Waals surface area contributed by atoms with Gasteiger partial charge in [-0.25, -0.2) is 17.9 Å². The van der Waals surface area contributed by atoms with E-state index in [1.165, 1.54) is 30.3 Å². The van der Waals surface area contributed by atoms with Crippen molar-refractivity contribution < 1.29 is 37.3 Å². The Hall–Kier alpha value is -4.05. The first kappa shape index (κ1) is 28.0. The third kappa shape index (κ3) is 6.51. The molecule has 1 amide bonds. The highest BCUT2D eigenvalue weighted by Gasteiger charge is 2.30. The molecule has 0 saturated heterocycles. The predicted molar refractivity (Wildman–Crippen MR) is 144 cm³/mol. The molecule has 2 N–H and O–H groups in total. The first-order valence-corrected chi connectivity index (χ1v) is 14.0. The number of carboxylic acids is 1. The second-order valence-corrected chi connectivity index (χ2v) is 11.7. The van der Waals surface area contributed by atoms with Gasteiger partial charge < -0.3 is 19.3 Å². The fourth-order valence-corrected chi connectivity index (χ4v) is 5.16. The molecule has 206 valence electrons. The Morgan fingerprint density at radius 3 is 2.23 bits per heavy atom. The van der Waals surface area contributed by atoms with Gasteiger partial charge in [0.25, 0.3) is 15.9 Å². The van der Waals surface area contributed by atoms with E-state index in [0.29, 0.717) is 29.0 Å². The van der Waals surface area contributed by atoms with Crippen LogP contribution in [0, 0.1) is 5.92 Å². The van der Waals surface area contributed by atoms with Crippen LogP contribution in [0.4, 0.5) is 0 Å². The average molecular weight is 554 g/mol. The molecule has 10 heteroatoms. The van der Waals surface area contributed by atoms with Crippen LogP contribution in [0.2, 0.25) is 0 Å². The van der Waals surface area contributed by atoms with Gasteiger partial charge >= 0.3 is 5.97 Å². The number of carbonyl (C=O) groups is 2. The van der Waals surface area contributed by atoms with Gasteiger partial charge in [-0.05, 0) is 71.8 Å². The smallest absolute Gasteiger partial charge is 0.335 e. The number of amides is 1. The van der Waals surface area contributed by atoms with Gasteiger partial charge in [0, 0.05) is 5.56 Å². The molecule has 0 spiro atoms. The van der Waals surface area contributed by atoms with E-state index in [2.05, 4.69) is 4.72 Å². The van der Waals surface area contributed by atoms with Gasteiger partial charge in [0.05, 0.1) is 10.5 Å². The molecule has 9 nitrogen and oxygen atoms in total. The van der Waals surface area contributed by atoms with Gasteiger partial charge in [-0.1, -0.05) is 45.9 Å². The predicted octanol–water partition coefficient (Wildman–Crippen LogP) is 5.06. The number of hydrogen-bond donors (Lipinski definition) is 2. The van der Waals surface area contributed by atoms with Crippen molar-refractivity contribution in [3.05, 3.63) is 82.9 Å². The van der Waals surface area contributed by atoms with Gasteiger partial charge in [-0.2, -0.15) is 0 Å². The second-order valence-electron chi connectivity index (χ2n) is 10.0. The second kappa shape index (κ2) is 11.4. The Labute approximate surface area is 227 Å². The van der Waals surface area contributed by atoms with Gasteiger partial charge in [-0.3, -0.25) is 4.79 Å². The van der Waals surface area contributed by atoms with Crippen molar-refractivity contribution in [1.29, 1.82) is 0 Å². The molecule has 1 heterocycles. The SMILES string of the molecule is CC(C)Cc1cc(C(=O)O)ccc1OC(C(=O)NS(=O)(=O)c1ccc(C(C)C)cc1)c1ccc2c(c1)OCO2. The summed E-state index contributed by atoms with van der Waals surface area (Å²) in [5.74, 6) is -0.487. The maximum atomic E-state index is 13.5. The first-order chi connectivity index (χ1) is 18.4. The van der Waals surface area contributed by atoms with E-state index < -0.39 is 28.0 Å². The zero-order valence-electron chi connectivity index (χ0n) is 22.1. The zero-order chi connectivity index (χ0) is 28.3. The molecule has 3 aromatic carbocycles. The molecule has 0 fully saturated rings. The lowest BCUT2D eigenvalue weighted by molar-refractivity contribution is -0.126. The molecule has 1 aliphatic heterocycles. The van der Waals surface area contributed by atoms with Gasteiger partial charge in [0.1, 0.15) is 5.75 Å². The summed E-state index contributed by atoms with van der Waals surface area (Å²) < 4.78 is 45.4. The summed E-state index contributed by atoms with van der Waals surface area (Å²) in [6.07, 6.45) is -0.919. The summed E-state index contributed by atoms with van der Waals surface area (Å²) in [6.45, 7) is 7.95. The van der Waals surface area contributed by atoms with E-state index in [4.69, 9.17) is 14.2 Å². The number of aromatic carboxylic acids is 1. The summed E-state index contributed by atoms with van der Waals surface area (Å²) in [6, 6.07) is 15.4. The fraction of sp³-hybridized carbons (Fsp3) is 0.310. The molecule has 4 rings (SSSR count). The van der Waals surface area contributed by atoms with Gasteiger partial charge in [0.2, 0.25) is 12.9 Å². The number of hydrogen-bond acceptors (Lipinski definition) is 7. The normalized spacial score (nSPS) is 13.4. The van der Waals surface area contributed by atoms with Crippen LogP contribution in [0.1, 0.15) is 66.8 Å². The number of carbonyl (C=O) groups excluding carboxylic acids is 1. The molecule has 3 aromatic rings. The fourth-order valence-electron chi connectivity index (χ4n) is 4.18. The minimum Gasteiger partial charge on any atom is -0.478 e. The largest absolute Gasteiger partial charge is 0.478 e. The molecule has 1 unspecified atom stereocenters. The van der Waals surface area contributed by atoms with E-state index in [-0.39, 0.29) is 34.8 Å². The first-order valence-electron chi connectivity index (χ1n) is 12.5. The molecule has 0 saturated carbocycles. The minimum atomic E-state index is -4.22. The molecular weight excluding hydrogens is 522 g/mol. The quantitative estimate of drug-likeness (QED) is 0.357. The number of benzene rings is 3. The Morgan fingerprint density at radius 1 is 0.923 bits per heavy atom. The van der Waals surface area contributed by atoms with Crippen molar-refractivity contribution in [2.45, 2.75) is 51.0 Å². The molecule has 0 radical (unpaired) electrons. The number of rotatable bonds is 10. The lowest BCUT2D eigenvalue weighted by atomic mass is 9.99. The van der Waals surface area contributed by atoms with E-state index in [1.807, 2.05) is 27.7 Å². The molecule has 0 aromatic heterocycles. The number of fused-ring (bicyclic) bond motifs is 1. The Morgan fingerprint density at radius 2 is 1.59 bits per heavy atom. The van der Waals surface area contributed by atoms with Crippen LogP contribution in [0.15, 0.2) is 65.6 Å². The van der Waals surface area contributed by atoms with Crippen LogP contribution < -0.4 is 18.9 Å². The third-order valence-corrected chi connectivity index (χ3v) is 7.57. The van der Waals surface area contributed by atoms with Gasteiger partial charge in [0.15, 0.2) is 11.5 Å². The van der Waals surface area contributed by atoms with Crippen molar-refractivity contribution in [1.82, 2.24) is 4.72 Å². The molecule has 1 aliphatic rings. The topological polar surface area (TPSA) is 128 Å². The summed E-state index contributed by atoms with van der Waals surface area (Å²) >= 11 is 0. The van der Waals surface area contributed by atoms with Gasteiger partial charge in [-0.15, -0.1) is 0 Å². The maximum absolute atomic E-state index is 13.5. The van der Waals surface area contributed by atoms with E-state index in [0.717, 1.165) is 5.56 Å². The van der Waals surface area contributed by atoms with E-state index in [9.17, 15) is 23.1 Å². The van der Waals surface area contributed by atoms with Crippen molar-refractivity contribution in [2.75, 3.05) is 6.79 Å². The highest BCUT2D eigenvalue weighted by atomic mass is 32.2. The maximum Gasteiger partial charge on any atom is 0.335 e. The minimum absolute atomic E-state index is 0.0203. The van der Waals surface area contributed by atoms with Crippen LogP contribution >= 0.6 is 0 Å². The third-order valence-electron chi connectivity index (χ3n) is 6.21. The number of sulfonamides is 1. The Kier molecular flexibility index (Phi) is 8.15. The van der Waals surface area contributed by atoms with Crippen LogP contribution in [0.25, 0.3) is 0 Å². The van der Waals surface area contributed by atoms with Crippen LogP contribution in [-0.4, -0.2) is 32.2 Å². The Balaban J connectivity index is 1.70. The molecule has 1 atom stereocenters. The van der Waals surface area contributed by atoms with Crippen molar-refractivity contribution in [3.8, 4) is 17.2 Å². The van der Waals surface area contributed by atoms with Crippen molar-refractivity contribution in [2.24, 2.45) is 5.92 Å². The molecular formula is C29H31NO8S. The molecule has 0 aliphatic carbocycles. The van der Waals surface area contributed by atoms with E-state index >= 15 is 0 Å². The number of ether oxygens (including phenoxy) is 3. The van der Waals surface area contributed by atoms with E-state index in [1.54, 1.807) is 30.3 Å². The van der Waals surface area contributed by atoms with Crippen LogP contribution in [0.3, 0.4) is 0 Å². The molecule has 0 bridgehead atoms. The summed E-state index contributed by atoms with van der Waals surface area (Å²) in [5, 5.41) is 9.46. The summed E-state index contributed by atoms with van der Waals surface area (Å²) in [7, 11) is -4.22. The standard InChI is InChI=1S/C29H31NO8S/c1-17(2)13-22-14-21(29(32)33)8-11-24(22)38-27(20-7-12-25-26(15-20)37-16-36-25)28(31)30-39(34,35)23-9-5-19(6-10-23)18(3)4/h5-12,14-15,17-18,27H,13,16H2,1-4H3,(H,30,31)(H,32,33). The Bertz CT molecular complexity index is 1480. The van der Waals surface area contributed by atoms with Crippen molar-refractivity contribution >= 4 is 21.9 Å². The highest BCUT2D eigenvalue weighted by Crippen LogP contribution is 2.36. The monoisotopic (exact) mass is 553 g/mol. The lowest BCUT2D eigenvalue weighted by Crippen LogP contribution is -2.37. The summed E-state index contributed by atoms with van der Waals surface area (Å²) in [5.41, 5.74) is 1.95. The van der Waals surface area contributed by atoms with Crippen LogP contribution in [-0.2, 0) is 21.2 Å². The van der Waals surface area contributed by atoms with Crippen molar-refractivity contribution in [3.63, 3.8) is 0 Å². The zero-order valence-corrected chi connectivity index (χ0v) is 22.9. The number of carboxylic acid groups (broad SMARTS) is 1.